The molecule has 7 aromatic rings. The van der Waals surface area contributed by atoms with Crippen LogP contribution in [0.25, 0.3) is 54.6 Å². The fourth-order valence-electron chi connectivity index (χ4n) is 4.62. The maximum absolute atomic E-state index is 11.9. The fourth-order valence-corrected chi connectivity index (χ4v) is 4.62. The number of para-hydroxylation sites is 1. The fraction of sp³-hybridized carbons (Fsp3) is 0. The third-order valence-corrected chi connectivity index (χ3v) is 6.34. The number of rotatable bonds is 1. The molecule has 2 nitrogen and oxygen atoms in total. The molecular formula is C33H22O2. The highest BCUT2D eigenvalue weighted by molar-refractivity contribution is 6.17. The molecule has 0 saturated carbocycles. The zero-order valence-electron chi connectivity index (χ0n) is 19.0. The van der Waals surface area contributed by atoms with Gasteiger partial charge in [-0.05, 0) is 44.5 Å². The molecule has 0 aliphatic carbocycles. The Labute approximate surface area is 202 Å². The van der Waals surface area contributed by atoms with Crippen LogP contribution in [0.3, 0.4) is 0 Å². The standard InChI is InChI=1S/C18H12.C15H10O2/c1-3-7-15-13(5-1)9-11-18-16-8-4-2-6-14(16)10-12-17(15)18;16-13-10-15(11-6-2-1-3-7-11)17-14-9-5-4-8-12(13)14/h1-12H;1-10H. The van der Waals surface area contributed by atoms with E-state index >= 15 is 0 Å². The van der Waals surface area contributed by atoms with Crippen molar-refractivity contribution in [2.45, 2.75) is 0 Å². The molecule has 0 spiro atoms. The van der Waals surface area contributed by atoms with Gasteiger partial charge in [0.25, 0.3) is 0 Å². The van der Waals surface area contributed by atoms with Crippen LogP contribution < -0.4 is 5.43 Å². The van der Waals surface area contributed by atoms with Crippen LogP contribution in [0.1, 0.15) is 0 Å². The second-order valence-electron chi connectivity index (χ2n) is 8.51. The van der Waals surface area contributed by atoms with Gasteiger partial charge < -0.3 is 4.42 Å². The van der Waals surface area contributed by atoms with E-state index in [1.54, 1.807) is 6.07 Å². The van der Waals surface area contributed by atoms with Crippen molar-refractivity contribution in [2.75, 3.05) is 0 Å². The zero-order chi connectivity index (χ0) is 23.6. The SMILES string of the molecule is O=c1cc(-c2ccccc2)oc2ccccc12.c1ccc2c(c1)ccc1c3ccccc3ccc21. The van der Waals surface area contributed by atoms with E-state index in [4.69, 9.17) is 4.42 Å². The maximum Gasteiger partial charge on any atom is 0.193 e. The van der Waals surface area contributed by atoms with Gasteiger partial charge >= 0.3 is 0 Å². The van der Waals surface area contributed by atoms with E-state index in [0.717, 1.165) is 5.56 Å². The average Bonchev–Trinajstić information content (AvgIpc) is 2.93. The Balaban J connectivity index is 0.000000131. The lowest BCUT2D eigenvalue weighted by molar-refractivity contribution is 0.619. The molecule has 0 aliphatic heterocycles. The lowest BCUT2D eigenvalue weighted by Gasteiger charge is -2.07. The molecule has 1 heterocycles. The first kappa shape index (κ1) is 20.9. The van der Waals surface area contributed by atoms with Gasteiger partial charge in [0.2, 0.25) is 0 Å². The Kier molecular flexibility index (Phi) is 5.32. The Hall–Kier alpha value is -4.69. The van der Waals surface area contributed by atoms with Crippen molar-refractivity contribution in [1.29, 1.82) is 0 Å². The van der Waals surface area contributed by atoms with Crippen molar-refractivity contribution < 1.29 is 4.42 Å². The van der Waals surface area contributed by atoms with Crippen LogP contribution >= 0.6 is 0 Å². The number of hydrogen-bond acceptors (Lipinski definition) is 2. The van der Waals surface area contributed by atoms with Gasteiger partial charge in [-0.15, -0.1) is 0 Å². The quantitative estimate of drug-likeness (QED) is 0.234. The van der Waals surface area contributed by atoms with E-state index in [1.165, 1.54) is 38.4 Å². The van der Waals surface area contributed by atoms with Crippen molar-refractivity contribution in [3.8, 4) is 11.3 Å². The smallest absolute Gasteiger partial charge is 0.193 e. The predicted molar refractivity (Wildman–Crippen MR) is 147 cm³/mol. The first-order valence-corrected chi connectivity index (χ1v) is 11.7. The van der Waals surface area contributed by atoms with E-state index in [2.05, 4.69) is 72.8 Å². The molecular weight excluding hydrogens is 428 g/mol. The summed E-state index contributed by atoms with van der Waals surface area (Å²) >= 11 is 0. The first-order valence-electron chi connectivity index (χ1n) is 11.7. The molecule has 0 atom stereocenters. The summed E-state index contributed by atoms with van der Waals surface area (Å²) in [5.74, 6) is 0.606. The average molecular weight is 451 g/mol. The topological polar surface area (TPSA) is 30.2 Å². The minimum atomic E-state index is -0.00861. The van der Waals surface area contributed by atoms with E-state index in [-0.39, 0.29) is 5.43 Å². The molecule has 0 radical (unpaired) electrons. The minimum absolute atomic E-state index is 0.00861. The van der Waals surface area contributed by atoms with E-state index in [0.29, 0.717) is 16.7 Å². The van der Waals surface area contributed by atoms with Crippen molar-refractivity contribution in [3.63, 3.8) is 0 Å². The summed E-state index contributed by atoms with van der Waals surface area (Å²) in [6.45, 7) is 0. The van der Waals surface area contributed by atoms with Gasteiger partial charge in [-0.2, -0.15) is 0 Å². The summed E-state index contributed by atoms with van der Waals surface area (Å²) < 4.78 is 5.73. The summed E-state index contributed by atoms with van der Waals surface area (Å²) in [7, 11) is 0. The zero-order valence-corrected chi connectivity index (χ0v) is 19.0. The molecule has 0 saturated heterocycles. The Morgan fingerprint density at radius 1 is 0.429 bits per heavy atom. The van der Waals surface area contributed by atoms with Crippen LogP contribution in [0.4, 0.5) is 0 Å². The minimum Gasteiger partial charge on any atom is -0.456 e. The Morgan fingerprint density at radius 3 is 1.57 bits per heavy atom. The Morgan fingerprint density at radius 2 is 0.943 bits per heavy atom. The second-order valence-corrected chi connectivity index (χ2v) is 8.51. The lowest BCUT2D eigenvalue weighted by Crippen LogP contribution is -1.99. The Bertz CT molecular complexity index is 1790. The van der Waals surface area contributed by atoms with Gasteiger partial charge in [0.1, 0.15) is 11.3 Å². The first-order chi connectivity index (χ1) is 17.3. The molecule has 35 heavy (non-hydrogen) atoms. The van der Waals surface area contributed by atoms with Gasteiger partial charge in [-0.25, -0.2) is 0 Å². The van der Waals surface area contributed by atoms with Crippen LogP contribution in [0.2, 0.25) is 0 Å². The summed E-state index contributed by atoms with van der Waals surface area (Å²) in [5.41, 5.74) is 1.53. The normalized spacial score (nSPS) is 11.0. The molecule has 2 heteroatoms. The monoisotopic (exact) mass is 450 g/mol. The molecule has 1 aromatic heterocycles. The molecule has 6 aromatic carbocycles. The van der Waals surface area contributed by atoms with Crippen LogP contribution in [0, 0.1) is 0 Å². The summed E-state index contributed by atoms with van der Waals surface area (Å²) in [5, 5.41) is 8.58. The number of benzene rings is 6. The van der Waals surface area contributed by atoms with Crippen molar-refractivity contribution in [1.82, 2.24) is 0 Å². The molecule has 0 N–H and O–H groups in total. The van der Waals surface area contributed by atoms with Crippen molar-refractivity contribution in [3.05, 3.63) is 144 Å². The van der Waals surface area contributed by atoms with Gasteiger partial charge in [0.05, 0.1) is 5.39 Å². The molecule has 0 bridgehead atoms. The van der Waals surface area contributed by atoms with Crippen LogP contribution in [-0.4, -0.2) is 0 Å². The van der Waals surface area contributed by atoms with Crippen LogP contribution in [0.15, 0.2) is 143 Å². The largest absolute Gasteiger partial charge is 0.456 e. The second kappa shape index (κ2) is 8.92. The highest BCUT2D eigenvalue weighted by atomic mass is 16.3. The molecule has 166 valence electrons. The van der Waals surface area contributed by atoms with Gasteiger partial charge in [0, 0.05) is 11.6 Å². The van der Waals surface area contributed by atoms with Crippen LogP contribution in [-0.2, 0) is 0 Å². The molecule has 0 aliphatic rings. The van der Waals surface area contributed by atoms with Crippen molar-refractivity contribution in [2.24, 2.45) is 0 Å². The van der Waals surface area contributed by atoms with Crippen molar-refractivity contribution >= 4 is 43.3 Å². The summed E-state index contributed by atoms with van der Waals surface area (Å²) in [6, 6.07) is 44.5. The van der Waals surface area contributed by atoms with Gasteiger partial charge in [-0.1, -0.05) is 115 Å². The highest BCUT2D eigenvalue weighted by Gasteiger charge is 2.05. The summed E-state index contributed by atoms with van der Waals surface area (Å²) in [6.07, 6.45) is 0. The highest BCUT2D eigenvalue weighted by Crippen LogP contribution is 2.30. The third-order valence-electron chi connectivity index (χ3n) is 6.34. The molecule has 0 fully saturated rings. The molecule has 0 unspecified atom stereocenters. The van der Waals surface area contributed by atoms with E-state index in [1.807, 2.05) is 48.5 Å². The lowest BCUT2D eigenvalue weighted by atomic mass is 9.97. The maximum atomic E-state index is 11.9. The third kappa shape index (κ3) is 3.96. The predicted octanol–water partition coefficient (Wildman–Crippen LogP) is 8.61. The molecule has 0 amide bonds. The van der Waals surface area contributed by atoms with E-state index < -0.39 is 0 Å². The van der Waals surface area contributed by atoms with E-state index in [9.17, 15) is 4.79 Å². The summed E-state index contributed by atoms with van der Waals surface area (Å²) in [4.78, 5) is 11.9. The van der Waals surface area contributed by atoms with Gasteiger partial charge in [-0.3, -0.25) is 4.79 Å². The van der Waals surface area contributed by atoms with Crippen LogP contribution in [0.5, 0.6) is 0 Å². The number of fused-ring (bicyclic) bond motifs is 6. The molecule has 7 rings (SSSR count). The number of hydrogen-bond donors (Lipinski definition) is 0. The van der Waals surface area contributed by atoms with Gasteiger partial charge in [0.15, 0.2) is 5.43 Å².